The third-order valence-electron chi connectivity index (χ3n) is 2.64. The lowest BCUT2D eigenvalue weighted by atomic mass is 10.1. The molecule has 0 fully saturated rings. The summed E-state index contributed by atoms with van der Waals surface area (Å²) in [4.78, 5) is 16.1. The summed E-state index contributed by atoms with van der Waals surface area (Å²) in [6.07, 6.45) is 4.10. The molecule has 6 nitrogen and oxygen atoms in total. The topological polar surface area (TPSA) is 86.5 Å². The molecule has 0 bridgehead atoms. The number of amidine groups is 1. The molecule has 1 rings (SSSR count). The lowest BCUT2D eigenvalue weighted by Gasteiger charge is -2.12. The van der Waals surface area contributed by atoms with Gasteiger partial charge in [-0.05, 0) is 24.3 Å². The fourth-order valence-electron chi connectivity index (χ4n) is 1.71. The summed E-state index contributed by atoms with van der Waals surface area (Å²) in [5.41, 5.74) is 1.23. The molecule has 0 atom stereocenters. The van der Waals surface area contributed by atoms with E-state index < -0.39 is 0 Å². The van der Waals surface area contributed by atoms with Gasteiger partial charge in [0.1, 0.15) is 5.75 Å². The number of benzene rings is 1. The van der Waals surface area contributed by atoms with Crippen molar-refractivity contribution in [2.24, 2.45) is 10.9 Å². The number of carbonyl (C=O) groups is 1. The summed E-state index contributed by atoms with van der Waals surface area (Å²) in [5.74, 6) is 0.757. The highest BCUT2D eigenvalue weighted by Crippen LogP contribution is 2.30. The average Bonchev–Trinajstić information content (AvgIpc) is 2.47. The van der Waals surface area contributed by atoms with Crippen molar-refractivity contribution in [2.75, 3.05) is 18.7 Å². The molecule has 0 aliphatic rings. The van der Waals surface area contributed by atoms with Crippen LogP contribution in [0.3, 0.4) is 0 Å². The van der Waals surface area contributed by atoms with Gasteiger partial charge in [0.2, 0.25) is 5.91 Å². The number of hydrogen-bond acceptors (Lipinski definition) is 5. The molecule has 2 N–H and O–H groups in total. The first kappa shape index (κ1) is 17.9. The molecule has 1 aromatic carbocycles. The quantitative estimate of drug-likeness (QED) is 0.377. The maximum atomic E-state index is 11.8. The Balaban J connectivity index is 2.96. The van der Waals surface area contributed by atoms with Gasteiger partial charge in [-0.1, -0.05) is 25.6 Å². The summed E-state index contributed by atoms with van der Waals surface area (Å²) in [6, 6.07) is 5.20. The van der Waals surface area contributed by atoms with Crippen molar-refractivity contribution in [2.45, 2.75) is 20.3 Å². The van der Waals surface area contributed by atoms with Crippen LogP contribution in [0, 0.1) is 17.4 Å². The Labute approximate surface area is 135 Å². The zero-order valence-electron chi connectivity index (χ0n) is 13.1. The zero-order valence-corrected chi connectivity index (χ0v) is 14.0. The third kappa shape index (κ3) is 5.66. The highest BCUT2D eigenvalue weighted by Gasteiger charge is 2.10. The molecule has 1 amide bonds. The molecule has 1 aromatic rings. The number of nitrogens with one attached hydrogen (secondary N) is 2. The van der Waals surface area contributed by atoms with E-state index in [0.29, 0.717) is 28.7 Å². The van der Waals surface area contributed by atoms with Crippen molar-refractivity contribution < 1.29 is 9.53 Å². The van der Waals surface area contributed by atoms with Gasteiger partial charge >= 0.3 is 0 Å². The molecule has 0 spiro atoms. The molecule has 0 aliphatic heterocycles. The highest BCUT2D eigenvalue weighted by atomic mass is 32.2. The fourth-order valence-corrected chi connectivity index (χ4v) is 2.06. The van der Waals surface area contributed by atoms with Crippen molar-refractivity contribution in [1.29, 1.82) is 5.26 Å². The van der Waals surface area contributed by atoms with Gasteiger partial charge in [-0.15, -0.1) is 0 Å². The van der Waals surface area contributed by atoms with E-state index in [1.54, 1.807) is 18.2 Å². The van der Waals surface area contributed by atoms with Crippen LogP contribution in [0.4, 0.5) is 11.4 Å². The van der Waals surface area contributed by atoms with Crippen LogP contribution < -0.4 is 15.4 Å². The minimum atomic E-state index is -0.0551. The number of carbonyl (C=O) groups excluding carboxylic acids is 1. The van der Waals surface area contributed by atoms with Crippen LogP contribution in [0.1, 0.15) is 20.3 Å². The number of thioether (sulfide) groups is 1. The molecule has 0 unspecified atom stereocenters. The van der Waals surface area contributed by atoms with Gasteiger partial charge in [0, 0.05) is 12.5 Å². The van der Waals surface area contributed by atoms with Gasteiger partial charge in [0.05, 0.1) is 18.5 Å². The first-order valence-electron chi connectivity index (χ1n) is 6.75. The molecule has 0 saturated carbocycles. The average molecular weight is 320 g/mol. The van der Waals surface area contributed by atoms with E-state index in [1.807, 2.05) is 26.3 Å². The van der Waals surface area contributed by atoms with Crippen LogP contribution >= 0.6 is 11.8 Å². The van der Waals surface area contributed by atoms with Gasteiger partial charge in [-0.3, -0.25) is 10.1 Å². The Bertz CT molecular complexity index is 594. The van der Waals surface area contributed by atoms with Crippen LogP contribution in [-0.2, 0) is 4.79 Å². The molecule has 0 saturated heterocycles. The van der Waals surface area contributed by atoms with E-state index in [1.165, 1.54) is 18.9 Å². The molecule has 7 heteroatoms. The van der Waals surface area contributed by atoms with Crippen LogP contribution in [-0.4, -0.2) is 24.4 Å². The minimum absolute atomic E-state index is 0.0551. The van der Waals surface area contributed by atoms with Crippen molar-refractivity contribution >= 4 is 34.2 Å². The largest absolute Gasteiger partial charge is 0.494 e. The van der Waals surface area contributed by atoms with Crippen LogP contribution in [0.2, 0.25) is 0 Å². The second kappa shape index (κ2) is 8.95. The lowest BCUT2D eigenvalue weighted by molar-refractivity contribution is -0.116. The van der Waals surface area contributed by atoms with Gasteiger partial charge in [-0.2, -0.15) is 5.26 Å². The number of anilines is 1. The lowest BCUT2D eigenvalue weighted by Crippen LogP contribution is -2.14. The number of ether oxygens (including phenoxy) is 1. The molecular formula is C15H20N4O2S. The number of nitrogens with zero attached hydrogens (tertiary/aromatic N) is 2. The number of aliphatic imine (C=N–C) groups is 1. The number of methoxy groups -OCH3 is 1. The van der Waals surface area contributed by atoms with Gasteiger partial charge in [-0.25, -0.2) is 4.99 Å². The van der Waals surface area contributed by atoms with Crippen molar-refractivity contribution in [3.63, 3.8) is 0 Å². The Hall–Kier alpha value is -2.20. The van der Waals surface area contributed by atoms with E-state index in [9.17, 15) is 4.79 Å². The molecule has 0 aromatic heterocycles. The third-order valence-corrected chi connectivity index (χ3v) is 3.22. The summed E-state index contributed by atoms with van der Waals surface area (Å²) >= 11 is 1.33. The van der Waals surface area contributed by atoms with Crippen molar-refractivity contribution in [3.05, 3.63) is 18.2 Å². The minimum Gasteiger partial charge on any atom is -0.494 e. The predicted octanol–water partition coefficient (Wildman–Crippen LogP) is 3.10. The molecule has 0 heterocycles. The van der Waals surface area contributed by atoms with E-state index in [-0.39, 0.29) is 11.8 Å². The first-order chi connectivity index (χ1) is 10.5. The predicted molar refractivity (Wildman–Crippen MR) is 90.4 cm³/mol. The molecular weight excluding hydrogens is 300 g/mol. The maximum Gasteiger partial charge on any atom is 0.224 e. The molecule has 0 radical (unpaired) electrons. The number of hydrogen-bond donors (Lipinski definition) is 2. The van der Waals surface area contributed by atoms with Gasteiger partial charge in [0.25, 0.3) is 0 Å². The van der Waals surface area contributed by atoms with Gasteiger partial charge < -0.3 is 10.1 Å². The highest BCUT2D eigenvalue weighted by molar-refractivity contribution is 8.13. The van der Waals surface area contributed by atoms with E-state index in [2.05, 4.69) is 15.6 Å². The van der Waals surface area contributed by atoms with E-state index in [4.69, 9.17) is 10.00 Å². The smallest absolute Gasteiger partial charge is 0.224 e. The number of amides is 1. The zero-order chi connectivity index (χ0) is 16.5. The Morgan fingerprint density at radius 3 is 2.77 bits per heavy atom. The van der Waals surface area contributed by atoms with E-state index in [0.717, 1.165) is 0 Å². The Kier molecular flexibility index (Phi) is 7.26. The number of rotatable bonds is 5. The summed E-state index contributed by atoms with van der Waals surface area (Å²) in [6.45, 7) is 3.97. The molecule has 118 valence electrons. The fraction of sp³-hybridized carbons (Fsp3) is 0.400. The maximum absolute atomic E-state index is 11.8. The Morgan fingerprint density at radius 1 is 1.50 bits per heavy atom. The van der Waals surface area contributed by atoms with Crippen LogP contribution in [0.15, 0.2) is 23.2 Å². The number of nitriles is 1. The summed E-state index contributed by atoms with van der Waals surface area (Å²) < 4.78 is 5.29. The van der Waals surface area contributed by atoms with E-state index >= 15 is 0 Å². The summed E-state index contributed by atoms with van der Waals surface area (Å²) in [5, 5.41) is 14.4. The monoisotopic (exact) mass is 320 g/mol. The van der Waals surface area contributed by atoms with Crippen molar-refractivity contribution in [3.8, 4) is 11.9 Å². The summed E-state index contributed by atoms with van der Waals surface area (Å²) in [7, 11) is 1.53. The SMILES string of the molecule is COc1cc(N=C(NC#N)SC)ccc1NC(=O)CC(C)C. The van der Waals surface area contributed by atoms with Crippen LogP contribution in [0.25, 0.3) is 0 Å². The van der Waals surface area contributed by atoms with Gasteiger partial charge in [0.15, 0.2) is 11.4 Å². The first-order valence-corrected chi connectivity index (χ1v) is 7.98. The van der Waals surface area contributed by atoms with Crippen molar-refractivity contribution in [1.82, 2.24) is 5.32 Å². The Morgan fingerprint density at radius 2 is 2.23 bits per heavy atom. The van der Waals surface area contributed by atoms with Crippen LogP contribution in [0.5, 0.6) is 5.75 Å². The normalized spacial score (nSPS) is 11.0. The second-order valence-corrected chi connectivity index (χ2v) is 5.68. The standard InChI is InChI=1S/C15H20N4O2S/c1-10(2)7-14(20)19-12-6-5-11(8-13(12)21-3)18-15(22-4)17-9-16/h5-6,8,10H,7H2,1-4H3,(H,17,18)(H,19,20). The second-order valence-electron chi connectivity index (χ2n) is 4.89. The molecule has 0 aliphatic carbocycles. The molecule has 22 heavy (non-hydrogen) atoms.